The van der Waals surface area contributed by atoms with E-state index < -0.39 is 0 Å². The molecule has 21 heavy (non-hydrogen) atoms. The molecule has 0 radical (unpaired) electrons. The fraction of sp³-hybridized carbons (Fsp3) is 0.294. The Morgan fingerprint density at radius 3 is 2.48 bits per heavy atom. The van der Waals surface area contributed by atoms with Gasteiger partial charge in [-0.3, -0.25) is 4.79 Å². The lowest BCUT2D eigenvalue weighted by Gasteiger charge is -2.17. The molecular formula is C17H21N3O. The Balaban J connectivity index is 2.05. The Labute approximate surface area is 125 Å². The van der Waals surface area contributed by atoms with Crippen molar-refractivity contribution in [2.24, 2.45) is 0 Å². The summed E-state index contributed by atoms with van der Waals surface area (Å²) in [7, 11) is 0. The van der Waals surface area contributed by atoms with Crippen LogP contribution in [0.4, 0.5) is 5.82 Å². The van der Waals surface area contributed by atoms with E-state index in [0.717, 1.165) is 24.3 Å². The SMILES string of the molecule is CCNc1ccc(C(=O)NC(CC)c2ccccc2)cn1. The van der Waals surface area contributed by atoms with E-state index in [2.05, 4.69) is 22.5 Å². The van der Waals surface area contributed by atoms with Gasteiger partial charge in [0.15, 0.2) is 0 Å². The van der Waals surface area contributed by atoms with E-state index in [1.54, 1.807) is 12.3 Å². The molecule has 1 aromatic carbocycles. The summed E-state index contributed by atoms with van der Waals surface area (Å²) in [4.78, 5) is 16.5. The first-order chi connectivity index (χ1) is 10.2. The Morgan fingerprint density at radius 1 is 1.14 bits per heavy atom. The van der Waals surface area contributed by atoms with Crippen LogP contribution in [0.5, 0.6) is 0 Å². The predicted molar refractivity (Wildman–Crippen MR) is 85.3 cm³/mol. The molecule has 4 heteroatoms. The second kappa shape index (κ2) is 7.43. The van der Waals surface area contributed by atoms with Crippen molar-refractivity contribution in [3.05, 3.63) is 59.8 Å². The highest BCUT2D eigenvalue weighted by molar-refractivity contribution is 5.94. The van der Waals surface area contributed by atoms with Crippen LogP contribution in [0.2, 0.25) is 0 Å². The lowest BCUT2D eigenvalue weighted by molar-refractivity contribution is 0.0935. The first-order valence-electron chi connectivity index (χ1n) is 7.30. The molecule has 0 fully saturated rings. The summed E-state index contributed by atoms with van der Waals surface area (Å²) in [5.41, 5.74) is 1.69. The van der Waals surface area contributed by atoms with Crippen LogP contribution in [0.3, 0.4) is 0 Å². The Kier molecular flexibility index (Phi) is 5.32. The van der Waals surface area contributed by atoms with Gasteiger partial charge in [0, 0.05) is 12.7 Å². The summed E-state index contributed by atoms with van der Waals surface area (Å²) in [5, 5.41) is 6.16. The Bertz CT molecular complexity index is 566. The van der Waals surface area contributed by atoms with Crippen molar-refractivity contribution in [2.45, 2.75) is 26.3 Å². The van der Waals surface area contributed by atoms with Crippen molar-refractivity contribution in [1.82, 2.24) is 10.3 Å². The van der Waals surface area contributed by atoms with Crippen LogP contribution in [-0.4, -0.2) is 17.4 Å². The number of carbonyl (C=O) groups is 1. The second-order valence-corrected chi connectivity index (χ2v) is 4.81. The number of anilines is 1. The number of rotatable bonds is 6. The number of hydrogen-bond acceptors (Lipinski definition) is 3. The highest BCUT2D eigenvalue weighted by Crippen LogP contribution is 2.16. The van der Waals surface area contributed by atoms with Crippen molar-refractivity contribution in [1.29, 1.82) is 0 Å². The van der Waals surface area contributed by atoms with Crippen molar-refractivity contribution >= 4 is 11.7 Å². The zero-order chi connectivity index (χ0) is 15.1. The number of hydrogen-bond donors (Lipinski definition) is 2. The molecule has 1 heterocycles. The van der Waals surface area contributed by atoms with Crippen LogP contribution >= 0.6 is 0 Å². The van der Waals surface area contributed by atoms with E-state index in [0.29, 0.717) is 5.56 Å². The van der Waals surface area contributed by atoms with Crippen molar-refractivity contribution in [3.8, 4) is 0 Å². The van der Waals surface area contributed by atoms with Gasteiger partial charge in [0.1, 0.15) is 5.82 Å². The molecule has 0 aliphatic carbocycles. The van der Waals surface area contributed by atoms with Gasteiger partial charge in [0.25, 0.3) is 5.91 Å². The summed E-state index contributed by atoms with van der Waals surface area (Å²) in [6.07, 6.45) is 2.45. The number of nitrogens with one attached hydrogen (secondary N) is 2. The molecular weight excluding hydrogens is 262 g/mol. The minimum Gasteiger partial charge on any atom is -0.370 e. The van der Waals surface area contributed by atoms with E-state index in [-0.39, 0.29) is 11.9 Å². The first-order valence-corrected chi connectivity index (χ1v) is 7.30. The van der Waals surface area contributed by atoms with Crippen LogP contribution in [0.1, 0.15) is 42.2 Å². The fourth-order valence-electron chi connectivity index (χ4n) is 2.16. The fourth-order valence-corrected chi connectivity index (χ4v) is 2.16. The van der Waals surface area contributed by atoms with Gasteiger partial charge in [0.05, 0.1) is 11.6 Å². The maximum atomic E-state index is 12.3. The maximum Gasteiger partial charge on any atom is 0.253 e. The second-order valence-electron chi connectivity index (χ2n) is 4.81. The molecule has 0 saturated carbocycles. The molecule has 2 N–H and O–H groups in total. The number of nitrogens with zero attached hydrogens (tertiary/aromatic N) is 1. The molecule has 0 saturated heterocycles. The van der Waals surface area contributed by atoms with Crippen LogP contribution in [-0.2, 0) is 0 Å². The molecule has 1 unspecified atom stereocenters. The van der Waals surface area contributed by atoms with Crippen molar-refractivity contribution < 1.29 is 4.79 Å². The average Bonchev–Trinajstić information content (AvgIpc) is 2.54. The monoisotopic (exact) mass is 283 g/mol. The van der Waals surface area contributed by atoms with E-state index in [4.69, 9.17) is 0 Å². The summed E-state index contributed by atoms with van der Waals surface area (Å²) in [6, 6.07) is 13.6. The minimum absolute atomic E-state index is 0.0205. The molecule has 110 valence electrons. The lowest BCUT2D eigenvalue weighted by atomic mass is 10.0. The summed E-state index contributed by atoms with van der Waals surface area (Å²) < 4.78 is 0. The summed E-state index contributed by atoms with van der Waals surface area (Å²) in [6.45, 7) is 4.88. The highest BCUT2D eigenvalue weighted by atomic mass is 16.1. The quantitative estimate of drug-likeness (QED) is 0.854. The highest BCUT2D eigenvalue weighted by Gasteiger charge is 2.14. The molecule has 2 aromatic rings. The smallest absolute Gasteiger partial charge is 0.253 e. The Morgan fingerprint density at radius 2 is 1.90 bits per heavy atom. The molecule has 1 amide bonds. The topological polar surface area (TPSA) is 54.0 Å². The maximum absolute atomic E-state index is 12.3. The van der Waals surface area contributed by atoms with Crippen molar-refractivity contribution in [3.63, 3.8) is 0 Å². The van der Waals surface area contributed by atoms with Gasteiger partial charge in [-0.1, -0.05) is 37.3 Å². The standard InChI is InChI=1S/C17H21N3O/c1-3-15(13-8-6-5-7-9-13)20-17(21)14-10-11-16(18-4-2)19-12-14/h5-12,15H,3-4H2,1-2H3,(H,18,19)(H,20,21). The number of pyridine rings is 1. The predicted octanol–water partition coefficient (Wildman–Crippen LogP) is 3.39. The minimum atomic E-state index is -0.0961. The molecule has 2 rings (SSSR count). The molecule has 0 aliphatic heterocycles. The van der Waals surface area contributed by atoms with E-state index in [9.17, 15) is 4.79 Å². The zero-order valence-corrected chi connectivity index (χ0v) is 12.5. The third-order valence-electron chi connectivity index (χ3n) is 3.30. The van der Waals surface area contributed by atoms with Crippen molar-refractivity contribution in [2.75, 3.05) is 11.9 Å². The third kappa shape index (κ3) is 4.05. The van der Waals surface area contributed by atoms with E-state index in [1.807, 2.05) is 43.3 Å². The van der Waals surface area contributed by atoms with Crippen LogP contribution in [0.15, 0.2) is 48.7 Å². The molecule has 1 atom stereocenters. The van der Waals surface area contributed by atoms with Crippen LogP contribution in [0, 0.1) is 0 Å². The molecule has 1 aromatic heterocycles. The van der Waals surface area contributed by atoms with Gasteiger partial charge >= 0.3 is 0 Å². The number of benzene rings is 1. The van der Waals surface area contributed by atoms with Gasteiger partial charge in [-0.15, -0.1) is 0 Å². The van der Waals surface area contributed by atoms with Gasteiger partial charge in [-0.05, 0) is 31.0 Å². The summed E-state index contributed by atoms with van der Waals surface area (Å²) >= 11 is 0. The van der Waals surface area contributed by atoms with Gasteiger partial charge in [-0.25, -0.2) is 4.98 Å². The average molecular weight is 283 g/mol. The zero-order valence-electron chi connectivity index (χ0n) is 12.5. The molecule has 0 spiro atoms. The van der Waals surface area contributed by atoms with Gasteiger partial charge < -0.3 is 10.6 Å². The number of amides is 1. The molecule has 0 aliphatic rings. The first kappa shape index (κ1) is 15.0. The molecule has 4 nitrogen and oxygen atoms in total. The van der Waals surface area contributed by atoms with Gasteiger partial charge in [-0.2, -0.15) is 0 Å². The third-order valence-corrected chi connectivity index (χ3v) is 3.30. The van der Waals surface area contributed by atoms with E-state index >= 15 is 0 Å². The summed E-state index contributed by atoms with van der Waals surface area (Å²) in [5.74, 6) is 0.686. The number of carbonyl (C=O) groups excluding carboxylic acids is 1. The van der Waals surface area contributed by atoms with Crippen LogP contribution < -0.4 is 10.6 Å². The normalized spacial score (nSPS) is 11.7. The van der Waals surface area contributed by atoms with E-state index in [1.165, 1.54) is 0 Å². The lowest BCUT2D eigenvalue weighted by Crippen LogP contribution is -2.28. The molecule has 0 bridgehead atoms. The Hall–Kier alpha value is -2.36. The largest absolute Gasteiger partial charge is 0.370 e. The number of aromatic nitrogens is 1. The van der Waals surface area contributed by atoms with Crippen LogP contribution in [0.25, 0.3) is 0 Å². The van der Waals surface area contributed by atoms with Gasteiger partial charge in [0.2, 0.25) is 0 Å².